The molecule has 2 rings (SSSR count). The number of carbonyl (C=O) groups excluding carboxylic acids is 1. The number of carboxylic acid groups (broad SMARTS) is 1. The Labute approximate surface area is 152 Å². The van der Waals surface area contributed by atoms with Crippen molar-refractivity contribution in [1.82, 2.24) is 9.80 Å². The van der Waals surface area contributed by atoms with Gasteiger partial charge in [-0.25, -0.2) is 0 Å². The lowest BCUT2D eigenvalue weighted by atomic mass is 10.2. The van der Waals surface area contributed by atoms with Crippen molar-refractivity contribution >= 4 is 23.5 Å². The highest BCUT2D eigenvalue weighted by Crippen LogP contribution is 2.25. The molecule has 1 aromatic rings. The van der Waals surface area contributed by atoms with Gasteiger partial charge in [0.05, 0.1) is 19.3 Å². The number of carbonyl (C=O) groups is 2. The number of carboxylic acids is 1. The number of benzene rings is 1. The first kappa shape index (κ1) is 19.5. The monoisotopic (exact) mass is 370 g/mol. The van der Waals surface area contributed by atoms with Gasteiger partial charge in [-0.2, -0.15) is 0 Å². The van der Waals surface area contributed by atoms with Crippen LogP contribution in [0.25, 0.3) is 0 Å². The number of amides is 1. The minimum absolute atomic E-state index is 0.0645. The van der Waals surface area contributed by atoms with Gasteiger partial charge in [-0.05, 0) is 26.1 Å². The van der Waals surface area contributed by atoms with E-state index in [0.717, 1.165) is 5.56 Å². The smallest absolute Gasteiger partial charge is 0.317 e. The third-order valence-corrected chi connectivity index (χ3v) is 4.39. The summed E-state index contributed by atoms with van der Waals surface area (Å²) >= 11 is 6.04. The molecule has 1 heterocycles. The highest BCUT2D eigenvalue weighted by Gasteiger charge is 2.25. The predicted octanol–water partition coefficient (Wildman–Crippen LogP) is 1.27. The maximum Gasteiger partial charge on any atom is 0.317 e. The van der Waals surface area contributed by atoms with E-state index in [4.69, 9.17) is 26.2 Å². The van der Waals surface area contributed by atoms with E-state index >= 15 is 0 Å². The number of hydrogen-bond donors (Lipinski definition) is 1. The summed E-state index contributed by atoms with van der Waals surface area (Å²) in [6, 6.07) is 5.32. The molecule has 1 aliphatic rings. The Hall–Kier alpha value is -1.83. The molecule has 7 nitrogen and oxygen atoms in total. The second kappa shape index (κ2) is 9.03. The van der Waals surface area contributed by atoms with Gasteiger partial charge in [-0.3, -0.25) is 14.5 Å². The molecule has 1 N–H and O–H groups in total. The Kier molecular flexibility index (Phi) is 7.04. The summed E-state index contributed by atoms with van der Waals surface area (Å²) in [6.07, 6.45) is -0.213. The molecule has 8 heteroatoms. The van der Waals surface area contributed by atoms with E-state index in [1.165, 1.54) is 0 Å². The Balaban J connectivity index is 1.84. The first-order valence-electron chi connectivity index (χ1n) is 8.04. The van der Waals surface area contributed by atoms with E-state index in [2.05, 4.69) is 0 Å². The molecule has 1 amide bonds. The lowest BCUT2D eigenvalue weighted by molar-refractivity contribution is -0.143. The molecule has 1 aliphatic heterocycles. The van der Waals surface area contributed by atoms with Crippen molar-refractivity contribution in [3.63, 3.8) is 0 Å². The number of halogens is 1. The normalized spacial score (nSPS) is 17.6. The Morgan fingerprint density at radius 2 is 2.24 bits per heavy atom. The summed E-state index contributed by atoms with van der Waals surface area (Å²) in [4.78, 5) is 26.4. The molecule has 138 valence electrons. The summed E-state index contributed by atoms with van der Waals surface area (Å²) in [7, 11) is 1.71. The molecule has 0 aliphatic carbocycles. The number of morpholine rings is 1. The van der Waals surface area contributed by atoms with Crippen molar-refractivity contribution in [3.8, 4) is 5.75 Å². The lowest BCUT2D eigenvalue weighted by Crippen LogP contribution is -2.50. The van der Waals surface area contributed by atoms with Crippen molar-refractivity contribution in [2.24, 2.45) is 0 Å². The Morgan fingerprint density at radius 1 is 1.48 bits per heavy atom. The Morgan fingerprint density at radius 3 is 2.96 bits per heavy atom. The van der Waals surface area contributed by atoms with Crippen LogP contribution in [0.3, 0.4) is 0 Å². The molecule has 1 unspecified atom stereocenters. The topological polar surface area (TPSA) is 79.3 Å². The number of rotatable bonds is 7. The number of hydrogen-bond acceptors (Lipinski definition) is 5. The highest BCUT2D eigenvalue weighted by molar-refractivity contribution is 6.31. The standard InChI is InChI=1S/C17H23ClN2O5/c1-12-14(18)4-3-5-15(12)25-11-16(21)20-6-7-24-13(9-20)8-19(2)10-17(22)23/h3-5,13H,6-11H2,1-2H3,(H,22,23). The first-order chi connectivity index (χ1) is 11.9. The Bertz CT molecular complexity index is 625. The van der Waals surface area contributed by atoms with E-state index < -0.39 is 5.97 Å². The van der Waals surface area contributed by atoms with Gasteiger partial charge in [0, 0.05) is 30.2 Å². The van der Waals surface area contributed by atoms with Crippen LogP contribution in [-0.2, 0) is 14.3 Å². The average molecular weight is 371 g/mol. The van der Waals surface area contributed by atoms with E-state index in [-0.39, 0.29) is 25.2 Å². The summed E-state index contributed by atoms with van der Waals surface area (Å²) < 4.78 is 11.2. The van der Waals surface area contributed by atoms with Gasteiger partial charge in [0.1, 0.15) is 5.75 Å². The third kappa shape index (κ3) is 5.88. The van der Waals surface area contributed by atoms with Crippen LogP contribution in [0, 0.1) is 6.92 Å². The van der Waals surface area contributed by atoms with Crippen molar-refractivity contribution in [2.45, 2.75) is 13.0 Å². The zero-order chi connectivity index (χ0) is 18.4. The van der Waals surface area contributed by atoms with Crippen molar-refractivity contribution in [2.75, 3.05) is 46.4 Å². The minimum Gasteiger partial charge on any atom is -0.483 e. The third-order valence-electron chi connectivity index (χ3n) is 3.98. The summed E-state index contributed by atoms with van der Waals surface area (Å²) in [5.41, 5.74) is 0.798. The number of ether oxygens (including phenoxy) is 2. The van der Waals surface area contributed by atoms with Gasteiger partial charge in [0.2, 0.25) is 0 Å². The molecule has 1 aromatic carbocycles. The average Bonchev–Trinajstić information content (AvgIpc) is 2.55. The molecule has 0 radical (unpaired) electrons. The van der Waals surface area contributed by atoms with Gasteiger partial charge in [-0.15, -0.1) is 0 Å². The van der Waals surface area contributed by atoms with Crippen LogP contribution in [0.2, 0.25) is 5.02 Å². The second-order valence-corrected chi connectivity index (χ2v) is 6.48. The zero-order valence-corrected chi connectivity index (χ0v) is 15.2. The molecule has 0 bridgehead atoms. The molecular weight excluding hydrogens is 348 g/mol. The lowest BCUT2D eigenvalue weighted by Gasteiger charge is -2.34. The fourth-order valence-corrected chi connectivity index (χ4v) is 2.84. The van der Waals surface area contributed by atoms with Crippen LogP contribution in [-0.4, -0.2) is 79.3 Å². The molecule has 1 saturated heterocycles. The second-order valence-electron chi connectivity index (χ2n) is 6.07. The predicted molar refractivity (Wildman–Crippen MR) is 93.1 cm³/mol. The summed E-state index contributed by atoms with van der Waals surface area (Å²) in [6.45, 7) is 3.49. The maximum atomic E-state index is 12.4. The highest BCUT2D eigenvalue weighted by atomic mass is 35.5. The van der Waals surface area contributed by atoms with Crippen molar-refractivity contribution in [1.29, 1.82) is 0 Å². The van der Waals surface area contributed by atoms with Crippen LogP contribution in [0.1, 0.15) is 5.56 Å². The van der Waals surface area contributed by atoms with Crippen LogP contribution < -0.4 is 4.74 Å². The number of nitrogens with zero attached hydrogens (tertiary/aromatic N) is 2. The molecule has 1 fully saturated rings. The molecular formula is C17H23ClN2O5. The minimum atomic E-state index is -0.892. The van der Waals surface area contributed by atoms with Crippen LogP contribution in [0.5, 0.6) is 5.75 Å². The van der Waals surface area contributed by atoms with Gasteiger partial charge < -0.3 is 19.5 Å². The van der Waals surface area contributed by atoms with Gasteiger partial charge in [0.25, 0.3) is 5.91 Å². The number of aliphatic carboxylic acids is 1. The van der Waals surface area contributed by atoms with Gasteiger partial charge >= 0.3 is 5.97 Å². The summed E-state index contributed by atoms with van der Waals surface area (Å²) in [5.74, 6) is -0.433. The van der Waals surface area contributed by atoms with E-state index in [1.807, 2.05) is 6.92 Å². The van der Waals surface area contributed by atoms with Crippen LogP contribution >= 0.6 is 11.6 Å². The van der Waals surface area contributed by atoms with Crippen LogP contribution in [0.15, 0.2) is 18.2 Å². The molecule has 1 atom stereocenters. The van der Waals surface area contributed by atoms with E-state index in [9.17, 15) is 9.59 Å². The van der Waals surface area contributed by atoms with Gasteiger partial charge in [-0.1, -0.05) is 17.7 Å². The summed E-state index contributed by atoms with van der Waals surface area (Å²) in [5, 5.41) is 9.40. The molecule has 0 spiro atoms. The largest absolute Gasteiger partial charge is 0.483 e. The van der Waals surface area contributed by atoms with E-state index in [1.54, 1.807) is 35.0 Å². The van der Waals surface area contributed by atoms with Crippen molar-refractivity contribution < 1.29 is 24.2 Å². The SMILES string of the molecule is Cc1c(Cl)cccc1OCC(=O)N1CCOC(CN(C)CC(=O)O)C1. The zero-order valence-electron chi connectivity index (χ0n) is 14.4. The molecule has 0 saturated carbocycles. The first-order valence-corrected chi connectivity index (χ1v) is 8.42. The van der Waals surface area contributed by atoms with E-state index in [0.29, 0.717) is 37.0 Å². The fraction of sp³-hybridized carbons (Fsp3) is 0.529. The maximum absolute atomic E-state index is 12.4. The van der Waals surface area contributed by atoms with Gasteiger partial charge in [0.15, 0.2) is 6.61 Å². The quantitative estimate of drug-likeness (QED) is 0.778. The van der Waals surface area contributed by atoms with Crippen LogP contribution in [0.4, 0.5) is 0 Å². The molecule has 0 aromatic heterocycles. The van der Waals surface area contributed by atoms with Crippen molar-refractivity contribution in [3.05, 3.63) is 28.8 Å². The number of likely N-dealkylation sites (N-methyl/N-ethyl adjacent to an activating group) is 1. The fourth-order valence-electron chi connectivity index (χ4n) is 2.67. The molecule has 25 heavy (non-hydrogen) atoms.